The molecule has 2 rings (SSSR count). The van der Waals surface area contributed by atoms with Crippen LogP contribution in [-0.2, 0) is 31.3 Å². The van der Waals surface area contributed by atoms with Crippen molar-refractivity contribution in [2.45, 2.75) is 42.3 Å². The maximum absolute atomic E-state index is 12.0. The van der Waals surface area contributed by atoms with Gasteiger partial charge in [-0.3, -0.25) is 4.55 Å². The van der Waals surface area contributed by atoms with E-state index in [1.54, 1.807) is 26.0 Å². The first-order valence-electron chi connectivity index (χ1n) is 7.82. The maximum Gasteiger partial charge on any atom is 0.294 e. The zero-order valence-corrected chi connectivity index (χ0v) is 16.0. The number of hydrogen-bond acceptors (Lipinski definition) is 5. The van der Waals surface area contributed by atoms with Gasteiger partial charge in [0.05, 0.1) is 17.1 Å². The summed E-state index contributed by atoms with van der Waals surface area (Å²) in [7, 11) is -8.93. The van der Waals surface area contributed by atoms with Gasteiger partial charge in [0, 0.05) is 12.0 Å². The van der Waals surface area contributed by atoms with Crippen LogP contribution in [0.1, 0.15) is 31.1 Å². The van der Waals surface area contributed by atoms with Crippen LogP contribution in [0.25, 0.3) is 0 Å². The van der Waals surface area contributed by atoms with Crippen molar-refractivity contribution in [1.29, 1.82) is 0 Å². The van der Waals surface area contributed by atoms with E-state index in [0.717, 1.165) is 11.6 Å². The summed E-state index contributed by atoms with van der Waals surface area (Å²) in [5.74, 6) is 0. The normalized spacial score (nSPS) is 13.7. The molecule has 0 aromatic heterocycles. The van der Waals surface area contributed by atoms with E-state index in [1.807, 2.05) is 18.2 Å². The second-order valence-electron chi connectivity index (χ2n) is 6.05. The first kappa shape index (κ1) is 20.5. The van der Waals surface area contributed by atoms with Crippen molar-refractivity contribution in [2.75, 3.05) is 0 Å². The Morgan fingerprint density at radius 1 is 0.962 bits per heavy atom. The lowest BCUT2D eigenvalue weighted by Crippen LogP contribution is -2.22. The van der Waals surface area contributed by atoms with Crippen molar-refractivity contribution in [1.82, 2.24) is 0 Å². The van der Waals surface area contributed by atoms with Gasteiger partial charge in [0.1, 0.15) is 4.90 Å². The lowest BCUT2D eigenvalue weighted by molar-refractivity contribution is 0.00358. The summed E-state index contributed by atoms with van der Waals surface area (Å²) in [6, 6.07) is 12.6. The average Bonchev–Trinajstić information content (AvgIpc) is 2.52. The van der Waals surface area contributed by atoms with Gasteiger partial charge in [0.15, 0.2) is 0 Å². The largest absolute Gasteiger partial charge is 0.370 e. The molecule has 2 aromatic carbocycles. The van der Waals surface area contributed by atoms with Crippen LogP contribution >= 0.6 is 0 Å². The van der Waals surface area contributed by atoms with Crippen LogP contribution in [0.15, 0.2) is 58.3 Å². The molecule has 0 spiro atoms. The number of sulfonamides is 1. The van der Waals surface area contributed by atoms with Gasteiger partial charge in [-0.2, -0.15) is 8.42 Å². The molecule has 3 N–H and O–H groups in total. The summed E-state index contributed by atoms with van der Waals surface area (Å²) in [6.45, 7) is 3.48. The quantitative estimate of drug-likeness (QED) is 0.689. The summed E-state index contributed by atoms with van der Waals surface area (Å²) in [6.07, 6.45) is -1.07. The average molecular weight is 399 g/mol. The molecule has 26 heavy (non-hydrogen) atoms. The fraction of sp³-hybridized carbons (Fsp3) is 0.294. The third-order valence-electron chi connectivity index (χ3n) is 3.63. The summed E-state index contributed by atoms with van der Waals surface area (Å²) < 4.78 is 63.1. The molecule has 0 aliphatic rings. The van der Waals surface area contributed by atoms with Gasteiger partial charge in [-0.1, -0.05) is 36.4 Å². The van der Waals surface area contributed by atoms with Crippen molar-refractivity contribution in [2.24, 2.45) is 5.14 Å². The molecule has 0 saturated heterocycles. The van der Waals surface area contributed by atoms with Gasteiger partial charge in [0.2, 0.25) is 10.0 Å². The van der Waals surface area contributed by atoms with Gasteiger partial charge >= 0.3 is 0 Å². The van der Waals surface area contributed by atoms with Crippen LogP contribution in [0.3, 0.4) is 0 Å². The second kappa shape index (κ2) is 7.85. The van der Waals surface area contributed by atoms with E-state index in [0.29, 0.717) is 0 Å². The molecule has 142 valence electrons. The van der Waals surface area contributed by atoms with Crippen molar-refractivity contribution < 1.29 is 26.1 Å². The number of hydrogen-bond donors (Lipinski definition) is 2. The second-order valence-corrected chi connectivity index (χ2v) is 8.97. The van der Waals surface area contributed by atoms with Gasteiger partial charge in [-0.05, 0) is 31.5 Å². The van der Waals surface area contributed by atoms with E-state index < -0.39 is 36.0 Å². The fourth-order valence-electron chi connectivity index (χ4n) is 2.69. The highest BCUT2D eigenvalue weighted by Crippen LogP contribution is 2.34. The Kier molecular flexibility index (Phi) is 6.20. The predicted octanol–water partition coefficient (Wildman–Crippen LogP) is 2.29. The molecule has 9 heteroatoms. The topological polar surface area (TPSA) is 124 Å². The van der Waals surface area contributed by atoms with E-state index in [1.165, 1.54) is 12.1 Å². The molecule has 0 aliphatic carbocycles. The molecule has 7 nitrogen and oxygen atoms in total. The molecule has 0 fully saturated rings. The molecule has 0 radical (unpaired) electrons. The molecule has 0 amide bonds. The fourth-order valence-corrected chi connectivity index (χ4v) is 4.34. The highest BCUT2D eigenvalue weighted by atomic mass is 32.2. The SMILES string of the molecule is CC(C)OC(Cc1ccccc1)c1c(S(N)(=O)=O)cccc1S(=O)(=O)O. The van der Waals surface area contributed by atoms with Crippen LogP contribution in [-0.4, -0.2) is 27.5 Å². The van der Waals surface area contributed by atoms with Gasteiger partial charge in [0.25, 0.3) is 10.1 Å². The van der Waals surface area contributed by atoms with E-state index in [4.69, 9.17) is 9.88 Å². The summed E-state index contributed by atoms with van der Waals surface area (Å²) in [5, 5.41) is 5.27. The van der Waals surface area contributed by atoms with Crippen LogP contribution in [0.5, 0.6) is 0 Å². The number of primary sulfonamides is 1. The van der Waals surface area contributed by atoms with Crippen LogP contribution < -0.4 is 5.14 Å². The minimum absolute atomic E-state index is 0.171. The third kappa shape index (κ3) is 5.12. The molecule has 1 atom stereocenters. The van der Waals surface area contributed by atoms with Crippen molar-refractivity contribution in [3.8, 4) is 0 Å². The van der Waals surface area contributed by atoms with E-state index >= 15 is 0 Å². The van der Waals surface area contributed by atoms with Crippen molar-refractivity contribution in [3.05, 3.63) is 59.7 Å². The smallest absolute Gasteiger partial charge is 0.294 e. The number of ether oxygens (including phenoxy) is 1. The zero-order chi connectivity index (χ0) is 19.5. The van der Waals surface area contributed by atoms with E-state index in [9.17, 15) is 21.4 Å². The molecule has 0 saturated carbocycles. The summed E-state index contributed by atoms with van der Waals surface area (Å²) >= 11 is 0. The van der Waals surface area contributed by atoms with Crippen molar-refractivity contribution in [3.63, 3.8) is 0 Å². The summed E-state index contributed by atoms with van der Waals surface area (Å²) in [5.41, 5.74) is 0.638. The minimum atomic E-state index is -4.69. The molecule has 0 bridgehead atoms. The van der Waals surface area contributed by atoms with Gasteiger partial charge in [-0.25, -0.2) is 13.6 Å². The first-order valence-corrected chi connectivity index (χ1v) is 10.8. The molecular formula is C17H21NO6S2. The van der Waals surface area contributed by atoms with E-state index in [-0.39, 0.29) is 18.1 Å². The lowest BCUT2D eigenvalue weighted by atomic mass is 10.0. The number of benzene rings is 2. The minimum Gasteiger partial charge on any atom is -0.370 e. The van der Waals surface area contributed by atoms with Gasteiger partial charge < -0.3 is 4.74 Å². The van der Waals surface area contributed by atoms with E-state index in [2.05, 4.69) is 0 Å². The molecular weight excluding hydrogens is 378 g/mol. The van der Waals surface area contributed by atoms with Gasteiger partial charge in [-0.15, -0.1) is 0 Å². The third-order valence-corrected chi connectivity index (χ3v) is 5.51. The maximum atomic E-state index is 12.0. The van der Waals surface area contributed by atoms with Crippen LogP contribution in [0, 0.1) is 0 Å². The van der Waals surface area contributed by atoms with Crippen LogP contribution in [0.4, 0.5) is 0 Å². The molecule has 2 aromatic rings. The highest BCUT2D eigenvalue weighted by Gasteiger charge is 2.30. The zero-order valence-electron chi connectivity index (χ0n) is 14.4. The molecule has 0 aliphatic heterocycles. The predicted molar refractivity (Wildman–Crippen MR) is 96.7 cm³/mol. The first-order chi connectivity index (χ1) is 12.0. The molecule has 1 unspecified atom stereocenters. The monoisotopic (exact) mass is 399 g/mol. The highest BCUT2D eigenvalue weighted by molar-refractivity contribution is 7.89. The Hall–Kier alpha value is -1.78. The van der Waals surface area contributed by atoms with Crippen molar-refractivity contribution >= 4 is 20.1 Å². The Balaban J connectivity index is 2.73. The Morgan fingerprint density at radius 2 is 1.54 bits per heavy atom. The molecule has 0 heterocycles. The Labute approximate surface area is 153 Å². The number of nitrogens with two attached hydrogens (primary N) is 1. The summed E-state index contributed by atoms with van der Waals surface area (Å²) in [4.78, 5) is -0.931. The Bertz CT molecular complexity index is 919. The standard InChI is InChI=1S/C17H21NO6S2/c1-12(2)24-14(11-13-7-4-3-5-8-13)17-15(25(18,19)20)9-6-10-16(17)26(21,22)23/h3-10,12,14H,11H2,1-2H3,(H2,18,19,20)(H,21,22,23). The lowest BCUT2D eigenvalue weighted by Gasteiger charge is -2.24. The van der Waals surface area contributed by atoms with Crippen LogP contribution in [0.2, 0.25) is 0 Å². The number of rotatable bonds is 7. The Morgan fingerprint density at radius 3 is 2.04 bits per heavy atom.